The fraction of sp³-hybridized carbons (Fsp3) is 0.0417. The SMILES string of the molecule is COc1cc(/C=C2\N=C(c3ccccc3)OC2=O)cc(I)c1OC(=O)c1ccccc1Cl. The third-order valence-electron chi connectivity index (χ3n) is 4.48. The molecule has 0 spiro atoms. The number of aliphatic imine (C=N–C) groups is 1. The first-order valence-corrected chi connectivity index (χ1v) is 10.8. The lowest BCUT2D eigenvalue weighted by Gasteiger charge is -2.13. The van der Waals surface area contributed by atoms with Gasteiger partial charge in [0.05, 0.1) is 21.3 Å². The van der Waals surface area contributed by atoms with Crippen LogP contribution < -0.4 is 9.47 Å². The van der Waals surface area contributed by atoms with E-state index in [2.05, 4.69) is 4.99 Å². The van der Waals surface area contributed by atoms with Gasteiger partial charge in [0.25, 0.3) is 0 Å². The van der Waals surface area contributed by atoms with Crippen molar-refractivity contribution in [1.82, 2.24) is 0 Å². The van der Waals surface area contributed by atoms with Gasteiger partial charge in [-0.1, -0.05) is 41.9 Å². The Balaban J connectivity index is 1.64. The number of hydrogen-bond acceptors (Lipinski definition) is 6. The van der Waals surface area contributed by atoms with Crippen LogP contribution >= 0.6 is 34.2 Å². The summed E-state index contributed by atoms with van der Waals surface area (Å²) in [5.41, 5.74) is 1.74. The van der Waals surface area contributed by atoms with E-state index in [0.717, 1.165) is 0 Å². The van der Waals surface area contributed by atoms with E-state index in [4.69, 9.17) is 25.8 Å². The van der Waals surface area contributed by atoms with E-state index in [0.29, 0.717) is 25.5 Å². The van der Waals surface area contributed by atoms with Crippen molar-refractivity contribution in [2.24, 2.45) is 4.99 Å². The number of cyclic esters (lactones) is 1. The van der Waals surface area contributed by atoms with Crippen LogP contribution in [0, 0.1) is 3.57 Å². The molecule has 0 aromatic heterocycles. The monoisotopic (exact) mass is 559 g/mol. The Hall–Kier alpha value is -3.17. The van der Waals surface area contributed by atoms with Crippen LogP contribution in [0.3, 0.4) is 0 Å². The average Bonchev–Trinajstić information content (AvgIpc) is 3.16. The van der Waals surface area contributed by atoms with Gasteiger partial charge in [0.1, 0.15) is 0 Å². The minimum atomic E-state index is -0.602. The maximum Gasteiger partial charge on any atom is 0.363 e. The minimum Gasteiger partial charge on any atom is -0.493 e. The molecule has 1 heterocycles. The maximum atomic E-state index is 12.6. The number of halogens is 2. The molecule has 3 aromatic rings. The Morgan fingerprint density at radius 1 is 1.09 bits per heavy atom. The lowest BCUT2D eigenvalue weighted by molar-refractivity contribution is -0.129. The first kappa shape index (κ1) is 22.0. The van der Waals surface area contributed by atoms with Gasteiger partial charge in [-0.15, -0.1) is 0 Å². The molecular formula is C24H15ClINO5. The number of ether oxygens (including phenoxy) is 3. The third-order valence-corrected chi connectivity index (χ3v) is 5.62. The molecule has 1 aliphatic rings. The summed E-state index contributed by atoms with van der Waals surface area (Å²) in [4.78, 5) is 29.2. The largest absolute Gasteiger partial charge is 0.493 e. The van der Waals surface area contributed by atoms with Gasteiger partial charge >= 0.3 is 11.9 Å². The van der Waals surface area contributed by atoms with E-state index in [1.165, 1.54) is 7.11 Å². The summed E-state index contributed by atoms with van der Waals surface area (Å²) in [7, 11) is 1.46. The molecule has 0 fully saturated rings. The third kappa shape index (κ3) is 4.68. The van der Waals surface area contributed by atoms with Gasteiger partial charge < -0.3 is 14.2 Å². The molecule has 0 saturated carbocycles. The van der Waals surface area contributed by atoms with Gasteiger partial charge in [-0.25, -0.2) is 14.6 Å². The smallest absolute Gasteiger partial charge is 0.363 e. The second-order valence-corrected chi connectivity index (χ2v) is 8.17. The van der Waals surface area contributed by atoms with Crippen molar-refractivity contribution in [3.63, 3.8) is 0 Å². The summed E-state index contributed by atoms with van der Waals surface area (Å²) >= 11 is 8.12. The predicted molar refractivity (Wildman–Crippen MR) is 129 cm³/mol. The number of carbonyl (C=O) groups is 2. The zero-order valence-electron chi connectivity index (χ0n) is 16.7. The van der Waals surface area contributed by atoms with Gasteiger partial charge in [0, 0.05) is 5.56 Å². The van der Waals surface area contributed by atoms with Crippen molar-refractivity contribution >= 4 is 58.1 Å². The van der Waals surface area contributed by atoms with Crippen molar-refractivity contribution in [3.05, 3.63) is 97.7 Å². The molecule has 0 bridgehead atoms. The Labute approximate surface area is 202 Å². The predicted octanol–water partition coefficient (Wildman–Crippen LogP) is 5.52. The van der Waals surface area contributed by atoms with Crippen molar-refractivity contribution in [2.75, 3.05) is 7.11 Å². The number of nitrogens with zero attached hydrogens (tertiary/aromatic N) is 1. The summed E-state index contributed by atoms with van der Waals surface area (Å²) in [6.45, 7) is 0. The molecule has 3 aromatic carbocycles. The molecule has 0 amide bonds. The zero-order valence-corrected chi connectivity index (χ0v) is 19.6. The first-order valence-electron chi connectivity index (χ1n) is 9.38. The highest BCUT2D eigenvalue weighted by Crippen LogP contribution is 2.36. The molecule has 8 heteroatoms. The number of hydrogen-bond donors (Lipinski definition) is 0. The molecule has 32 heavy (non-hydrogen) atoms. The number of benzene rings is 3. The minimum absolute atomic E-state index is 0.155. The number of rotatable bonds is 5. The summed E-state index contributed by atoms with van der Waals surface area (Å²) in [5.74, 6) is -0.333. The molecule has 4 rings (SSSR count). The second kappa shape index (κ2) is 9.54. The maximum absolute atomic E-state index is 12.6. The summed E-state index contributed by atoms with van der Waals surface area (Å²) in [6.07, 6.45) is 1.59. The van der Waals surface area contributed by atoms with Crippen molar-refractivity contribution in [3.8, 4) is 11.5 Å². The van der Waals surface area contributed by atoms with Gasteiger partial charge in [0.2, 0.25) is 5.90 Å². The molecule has 0 aliphatic carbocycles. The molecule has 6 nitrogen and oxygen atoms in total. The highest BCUT2D eigenvalue weighted by Gasteiger charge is 2.25. The number of methoxy groups -OCH3 is 1. The van der Waals surface area contributed by atoms with Crippen LogP contribution in [0.1, 0.15) is 21.5 Å². The average molecular weight is 560 g/mol. The molecule has 160 valence electrons. The van der Waals surface area contributed by atoms with Crippen LogP contribution in [0.4, 0.5) is 0 Å². The number of esters is 2. The van der Waals surface area contributed by atoms with E-state index in [-0.39, 0.29) is 22.9 Å². The Morgan fingerprint density at radius 2 is 1.81 bits per heavy atom. The Bertz CT molecular complexity index is 1270. The topological polar surface area (TPSA) is 74.2 Å². The van der Waals surface area contributed by atoms with Crippen molar-refractivity contribution in [2.45, 2.75) is 0 Å². The van der Waals surface area contributed by atoms with Gasteiger partial charge in [0.15, 0.2) is 17.2 Å². The van der Waals surface area contributed by atoms with Gasteiger partial charge in [-0.05, 0) is 70.6 Å². The fourth-order valence-electron chi connectivity index (χ4n) is 2.97. The molecule has 0 unspecified atom stereocenters. The van der Waals surface area contributed by atoms with Crippen LogP contribution in [-0.4, -0.2) is 24.9 Å². The van der Waals surface area contributed by atoms with E-state index in [1.807, 2.05) is 52.9 Å². The summed E-state index contributed by atoms with van der Waals surface area (Å²) in [6, 6.07) is 19.2. The zero-order chi connectivity index (χ0) is 22.7. The Morgan fingerprint density at radius 3 is 2.53 bits per heavy atom. The summed E-state index contributed by atoms with van der Waals surface area (Å²) < 4.78 is 16.9. The standard InChI is InChI=1S/C24H15ClINO5/c1-30-20-13-14(12-19-24(29)32-22(27-19)15-7-3-2-4-8-15)11-18(26)21(20)31-23(28)16-9-5-6-10-17(16)25/h2-13H,1H3/b19-12-. The lowest BCUT2D eigenvalue weighted by Crippen LogP contribution is -2.11. The van der Waals surface area contributed by atoms with Crippen LogP contribution in [0.15, 0.2) is 77.4 Å². The quantitative estimate of drug-likeness (QED) is 0.178. The molecule has 0 N–H and O–H groups in total. The van der Waals surface area contributed by atoms with Crippen molar-refractivity contribution in [1.29, 1.82) is 0 Å². The highest BCUT2D eigenvalue weighted by atomic mass is 127. The van der Waals surface area contributed by atoms with Crippen LogP contribution in [0.25, 0.3) is 6.08 Å². The first-order chi connectivity index (χ1) is 15.5. The Kier molecular flexibility index (Phi) is 6.57. The highest BCUT2D eigenvalue weighted by molar-refractivity contribution is 14.1. The van der Waals surface area contributed by atoms with E-state index in [9.17, 15) is 9.59 Å². The molecule has 0 radical (unpaired) electrons. The van der Waals surface area contributed by atoms with Crippen LogP contribution in [0.5, 0.6) is 11.5 Å². The molecule has 1 aliphatic heterocycles. The second-order valence-electron chi connectivity index (χ2n) is 6.61. The van der Waals surface area contributed by atoms with Gasteiger partial charge in [-0.2, -0.15) is 0 Å². The van der Waals surface area contributed by atoms with Crippen LogP contribution in [0.2, 0.25) is 5.02 Å². The normalized spacial score (nSPS) is 14.2. The molecular weight excluding hydrogens is 545 g/mol. The molecule has 0 saturated heterocycles. The van der Waals surface area contributed by atoms with Gasteiger partial charge in [-0.3, -0.25) is 0 Å². The van der Waals surface area contributed by atoms with Crippen molar-refractivity contribution < 1.29 is 23.8 Å². The fourth-order valence-corrected chi connectivity index (χ4v) is 3.92. The van der Waals surface area contributed by atoms with E-state index < -0.39 is 11.9 Å². The van der Waals surface area contributed by atoms with E-state index in [1.54, 1.807) is 42.5 Å². The van der Waals surface area contributed by atoms with Crippen LogP contribution in [-0.2, 0) is 9.53 Å². The lowest BCUT2D eigenvalue weighted by atomic mass is 10.1. The number of carbonyl (C=O) groups excluding carboxylic acids is 2. The molecule has 0 atom stereocenters. The summed E-state index contributed by atoms with van der Waals surface area (Å²) in [5, 5.41) is 0.291. The van der Waals surface area contributed by atoms with E-state index >= 15 is 0 Å².